The van der Waals surface area contributed by atoms with E-state index in [0.29, 0.717) is 26.1 Å². The van der Waals surface area contributed by atoms with Crippen LogP contribution in [0.5, 0.6) is 0 Å². The fourth-order valence-electron chi connectivity index (χ4n) is 5.06. The second-order valence-electron chi connectivity index (χ2n) is 8.61. The minimum atomic E-state index is -0.868. The molecule has 3 fully saturated rings. The number of urea groups is 1. The van der Waals surface area contributed by atoms with Crippen LogP contribution < -0.4 is 0 Å². The lowest BCUT2D eigenvalue weighted by Gasteiger charge is -2.37. The topological polar surface area (TPSA) is 98.2 Å². The fourth-order valence-corrected chi connectivity index (χ4v) is 5.75. The van der Waals surface area contributed by atoms with Crippen LogP contribution >= 0.6 is 11.3 Å². The second kappa shape index (κ2) is 8.37. The van der Waals surface area contributed by atoms with E-state index in [0.717, 1.165) is 30.6 Å². The normalized spacial score (nSPS) is 23.2. The molecule has 8 nitrogen and oxygen atoms in total. The van der Waals surface area contributed by atoms with E-state index in [1.165, 1.54) is 4.90 Å². The van der Waals surface area contributed by atoms with Gasteiger partial charge in [0.05, 0.1) is 13.0 Å². The summed E-state index contributed by atoms with van der Waals surface area (Å²) in [6, 6.07) is 3.03. The van der Waals surface area contributed by atoms with Gasteiger partial charge in [-0.2, -0.15) is 0 Å². The predicted octanol–water partition coefficient (Wildman–Crippen LogP) is 2.19. The lowest BCUT2D eigenvalue weighted by molar-refractivity contribution is -0.142. The number of nitrogens with zero attached hydrogens (tertiary/aromatic N) is 3. The molecule has 4 amide bonds. The Morgan fingerprint density at radius 3 is 2.60 bits per heavy atom. The molecule has 1 saturated carbocycles. The van der Waals surface area contributed by atoms with E-state index >= 15 is 0 Å². The maximum absolute atomic E-state index is 13.0. The Balaban J connectivity index is 1.38. The van der Waals surface area contributed by atoms with Crippen molar-refractivity contribution >= 4 is 35.2 Å². The summed E-state index contributed by atoms with van der Waals surface area (Å²) < 4.78 is 0. The summed E-state index contributed by atoms with van der Waals surface area (Å²) >= 11 is 1.60. The maximum Gasteiger partial charge on any atom is 0.327 e. The number of carbonyl (C=O) groups is 4. The van der Waals surface area contributed by atoms with Gasteiger partial charge in [-0.05, 0) is 36.1 Å². The zero-order valence-electron chi connectivity index (χ0n) is 16.9. The molecule has 2 saturated heterocycles. The minimum absolute atomic E-state index is 0.00997. The van der Waals surface area contributed by atoms with E-state index in [2.05, 4.69) is 0 Å². The molecular weight excluding hydrogens is 406 g/mol. The smallest absolute Gasteiger partial charge is 0.327 e. The lowest BCUT2D eigenvalue weighted by atomic mass is 9.79. The number of rotatable bonds is 7. The van der Waals surface area contributed by atoms with Gasteiger partial charge in [0.1, 0.15) is 6.04 Å². The summed E-state index contributed by atoms with van der Waals surface area (Å²) in [5.41, 5.74) is -0.470. The lowest BCUT2D eigenvalue weighted by Crippen LogP contribution is -2.55. The van der Waals surface area contributed by atoms with E-state index in [9.17, 15) is 24.3 Å². The molecule has 1 N–H and O–H groups in total. The Labute approximate surface area is 179 Å². The quantitative estimate of drug-likeness (QED) is 0.665. The Hall–Kier alpha value is -2.42. The van der Waals surface area contributed by atoms with E-state index in [-0.39, 0.29) is 37.2 Å². The van der Waals surface area contributed by atoms with Gasteiger partial charge < -0.3 is 14.9 Å². The van der Waals surface area contributed by atoms with Gasteiger partial charge in [0, 0.05) is 30.9 Å². The van der Waals surface area contributed by atoms with Crippen LogP contribution in [0.2, 0.25) is 0 Å². The molecular formula is C21H27N3O5S. The molecule has 2 aliphatic heterocycles. The molecule has 162 valence electrons. The van der Waals surface area contributed by atoms with Gasteiger partial charge in [-0.1, -0.05) is 18.9 Å². The number of fused-ring (bicyclic) bond motifs is 1. The standard InChI is InChI=1S/C21H27N3O5S/c25-17(12-21(13-18(26)27)6-1-2-7-21)22-9-10-23-16(14-22)19(28)24(20(23)29)8-5-15-4-3-11-30-15/h3-4,11,16H,1-2,5-10,12-14H2,(H,26,27). The van der Waals surface area contributed by atoms with Gasteiger partial charge in [0.25, 0.3) is 5.91 Å². The van der Waals surface area contributed by atoms with Crippen molar-refractivity contribution in [3.05, 3.63) is 22.4 Å². The molecule has 0 radical (unpaired) electrons. The first-order valence-electron chi connectivity index (χ1n) is 10.5. The highest BCUT2D eigenvalue weighted by molar-refractivity contribution is 7.09. The second-order valence-corrected chi connectivity index (χ2v) is 9.64. The molecule has 1 unspecified atom stereocenters. The molecule has 1 aromatic heterocycles. The van der Waals surface area contributed by atoms with Crippen LogP contribution in [-0.2, 0) is 20.8 Å². The molecule has 1 atom stereocenters. The van der Waals surface area contributed by atoms with Gasteiger partial charge in [0.15, 0.2) is 0 Å². The van der Waals surface area contributed by atoms with Crippen LogP contribution in [0.1, 0.15) is 43.4 Å². The minimum Gasteiger partial charge on any atom is -0.481 e. The van der Waals surface area contributed by atoms with Crippen molar-refractivity contribution < 1.29 is 24.3 Å². The third-order valence-electron chi connectivity index (χ3n) is 6.64. The number of carbonyl (C=O) groups excluding carboxylic acids is 3. The van der Waals surface area contributed by atoms with Gasteiger partial charge in [0.2, 0.25) is 5.91 Å². The molecule has 0 aromatic carbocycles. The summed E-state index contributed by atoms with van der Waals surface area (Å²) in [7, 11) is 0. The van der Waals surface area contributed by atoms with Crippen molar-refractivity contribution in [2.24, 2.45) is 5.41 Å². The molecule has 1 aromatic rings. The number of hydrogen-bond donors (Lipinski definition) is 1. The van der Waals surface area contributed by atoms with Crippen molar-refractivity contribution in [1.82, 2.24) is 14.7 Å². The number of carboxylic acids is 1. The van der Waals surface area contributed by atoms with Crippen LogP contribution in [-0.4, -0.2) is 75.8 Å². The zero-order chi connectivity index (χ0) is 21.3. The summed E-state index contributed by atoms with van der Waals surface area (Å²) in [5, 5.41) is 11.2. The first-order valence-corrected chi connectivity index (χ1v) is 11.4. The third-order valence-corrected chi connectivity index (χ3v) is 7.58. The monoisotopic (exact) mass is 433 g/mol. The van der Waals surface area contributed by atoms with Crippen molar-refractivity contribution in [3.8, 4) is 0 Å². The van der Waals surface area contributed by atoms with Crippen LogP contribution in [0.3, 0.4) is 0 Å². The molecule has 3 heterocycles. The number of carboxylic acid groups (broad SMARTS) is 1. The predicted molar refractivity (Wildman–Crippen MR) is 110 cm³/mol. The van der Waals surface area contributed by atoms with Crippen molar-refractivity contribution in [3.63, 3.8) is 0 Å². The third kappa shape index (κ3) is 4.08. The highest BCUT2D eigenvalue weighted by Gasteiger charge is 2.49. The summed E-state index contributed by atoms with van der Waals surface area (Å²) in [6.07, 6.45) is 4.25. The average molecular weight is 434 g/mol. The number of imide groups is 1. The molecule has 0 spiro atoms. The number of aliphatic carboxylic acids is 1. The van der Waals surface area contributed by atoms with Gasteiger partial charge in [-0.15, -0.1) is 11.3 Å². The first kappa shape index (κ1) is 20.8. The van der Waals surface area contributed by atoms with E-state index in [1.54, 1.807) is 21.1 Å². The van der Waals surface area contributed by atoms with Crippen molar-refractivity contribution in [1.29, 1.82) is 0 Å². The Morgan fingerprint density at radius 2 is 1.93 bits per heavy atom. The summed E-state index contributed by atoms with van der Waals surface area (Å²) in [4.78, 5) is 55.5. The first-order chi connectivity index (χ1) is 14.4. The van der Waals surface area contributed by atoms with Crippen molar-refractivity contribution in [2.45, 2.75) is 51.0 Å². The summed E-state index contributed by atoms with van der Waals surface area (Å²) in [6.45, 7) is 1.27. The van der Waals surface area contributed by atoms with Crippen LogP contribution in [0.4, 0.5) is 4.79 Å². The van der Waals surface area contributed by atoms with Gasteiger partial charge in [-0.25, -0.2) is 4.79 Å². The molecule has 9 heteroatoms. The largest absolute Gasteiger partial charge is 0.481 e. The average Bonchev–Trinajstić information content (AvgIpc) is 3.43. The van der Waals surface area contributed by atoms with Gasteiger partial charge >= 0.3 is 12.0 Å². The van der Waals surface area contributed by atoms with Crippen LogP contribution in [0.25, 0.3) is 0 Å². The van der Waals surface area contributed by atoms with E-state index < -0.39 is 17.4 Å². The fraction of sp³-hybridized carbons (Fsp3) is 0.619. The van der Waals surface area contributed by atoms with Crippen molar-refractivity contribution in [2.75, 3.05) is 26.2 Å². The highest BCUT2D eigenvalue weighted by Crippen LogP contribution is 2.44. The van der Waals surface area contributed by atoms with E-state index in [1.807, 2.05) is 17.5 Å². The SMILES string of the molecule is O=C(O)CC1(CC(=O)N2CCN3C(=O)N(CCc4cccs4)C(=O)C3C2)CCCC1. The highest BCUT2D eigenvalue weighted by atomic mass is 32.1. The van der Waals surface area contributed by atoms with Gasteiger partial charge in [-0.3, -0.25) is 19.3 Å². The number of hydrogen-bond acceptors (Lipinski definition) is 5. The molecule has 3 aliphatic rings. The van der Waals surface area contributed by atoms with E-state index in [4.69, 9.17) is 0 Å². The number of amides is 4. The molecule has 1 aliphatic carbocycles. The van der Waals surface area contributed by atoms with Crippen LogP contribution in [0.15, 0.2) is 17.5 Å². The Morgan fingerprint density at radius 1 is 1.17 bits per heavy atom. The molecule has 30 heavy (non-hydrogen) atoms. The molecule has 0 bridgehead atoms. The maximum atomic E-state index is 13.0. The Bertz CT molecular complexity index is 834. The van der Waals surface area contributed by atoms with Crippen LogP contribution in [0, 0.1) is 5.41 Å². The molecule has 4 rings (SSSR count). The zero-order valence-corrected chi connectivity index (χ0v) is 17.7. The summed E-state index contributed by atoms with van der Waals surface area (Å²) in [5.74, 6) is -1.21. The number of piperazine rings is 1. The Kier molecular flexibility index (Phi) is 5.81. The number of thiophene rings is 1.